The summed E-state index contributed by atoms with van der Waals surface area (Å²) in [5.74, 6) is -0.260. The van der Waals surface area contributed by atoms with Crippen LogP contribution in [0, 0.1) is 5.82 Å². The standard InChI is InChI=1S/C42H30FN3/c43-31-25-27-36(28-26-31)46-39-24-14-13-23-38(39)42-40(45(34-19-9-3-10-20-34)35-21-11-4-12-22-35)29-37(30-41(42)46)44(32-15-5-1-6-16-32)33-17-7-2-8-18-33/h1-30H. The second-order valence-electron chi connectivity index (χ2n) is 11.2. The number of fused-ring (bicyclic) bond motifs is 3. The van der Waals surface area contributed by atoms with Gasteiger partial charge in [-0.05, 0) is 91.0 Å². The predicted octanol–water partition coefficient (Wildman–Crippen LogP) is 11.9. The fourth-order valence-electron chi connectivity index (χ4n) is 6.42. The van der Waals surface area contributed by atoms with Crippen LogP contribution >= 0.6 is 0 Å². The predicted molar refractivity (Wildman–Crippen MR) is 190 cm³/mol. The van der Waals surface area contributed by atoms with E-state index in [2.05, 4.69) is 148 Å². The van der Waals surface area contributed by atoms with Crippen molar-refractivity contribution in [2.45, 2.75) is 0 Å². The Balaban J connectivity index is 1.53. The maximum atomic E-state index is 14.2. The average molecular weight is 596 g/mol. The lowest BCUT2D eigenvalue weighted by atomic mass is 10.1. The van der Waals surface area contributed by atoms with Crippen LogP contribution in [-0.4, -0.2) is 4.57 Å². The molecule has 0 aliphatic carbocycles. The molecule has 4 heteroatoms. The zero-order valence-corrected chi connectivity index (χ0v) is 25.0. The van der Waals surface area contributed by atoms with Crippen LogP contribution in [0.15, 0.2) is 182 Å². The lowest BCUT2D eigenvalue weighted by Crippen LogP contribution is -2.14. The number of para-hydroxylation sites is 5. The van der Waals surface area contributed by atoms with Crippen LogP contribution < -0.4 is 9.80 Å². The molecule has 0 N–H and O–H groups in total. The van der Waals surface area contributed by atoms with E-state index in [9.17, 15) is 4.39 Å². The number of aromatic nitrogens is 1. The Hall–Kier alpha value is -6.13. The third-order valence-electron chi connectivity index (χ3n) is 8.38. The summed E-state index contributed by atoms with van der Waals surface area (Å²) in [7, 11) is 0. The summed E-state index contributed by atoms with van der Waals surface area (Å²) in [4.78, 5) is 4.63. The van der Waals surface area contributed by atoms with Crippen molar-refractivity contribution in [1.29, 1.82) is 0 Å². The van der Waals surface area contributed by atoms with Crippen molar-refractivity contribution in [3.63, 3.8) is 0 Å². The van der Waals surface area contributed by atoms with Crippen LogP contribution in [0.2, 0.25) is 0 Å². The van der Waals surface area contributed by atoms with Gasteiger partial charge in [-0.25, -0.2) is 4.39 Å². The molecule has 3 nitrogen and oxygen atoms in total. The molecule has 46 heavy (non-hydrogen) atoms. The summed E-state index contributed by atoms with van der Waals surface area (Å²) < 4.78 is 16.5. The molecule has 0 unspecified atom stereocenters. The minimum absolute atomic E-state index is 0.260. The van der Waals surface area contributed by atoms with Crippen LogP contribution in [0.5, 0.6) is 0 Å². The second-order valence-corrected chi connectivity index (χ2v) is 11.2. The third kappa shape index (κ3) is 4.86. The molecule has 220 valence electrons. The Morgan fingerprint density at radius 2 is 0.848 bits per heavy atom. The molecule has 0 radical (unpaired) electrons. The fraction of sp³-hybridized carbons (Fsp3) is 0. The van der Waals surface area contributed by atoms with Crippen molar-refractivity contribution in [3.8, 4) is 5.69 Å². The average Bonchev–Trinajstić information content (AvgIpc) is 3.45. The summed E-state index contributed by atoms with van der Waals surface area (Å²) in [5, 5.41) is 2.23. The fourth-order valence-corrected chi connectivity index (χ4v) is 6.42. The molecular weight excluding hydrogens is 565 g/mol. The van der Waals surface area contributed by atoms with E-state index in [1.807, 2.05) is 36.4 Å². The number of benzene rings is 7. The first-order chi connectivity index (χ1) is 22.8. The molecule has 0 aliphatic rings. The van der Waals surface area contributed by atoms with E-state index in [1.165, 1.54) is 12.1 Å². The number of nitrogens with zero attached hydrogens (tertiary/aromatic N) is 3. The zero-order chi connectivity index (χ0) is 30.9. The quantitative estimate of drug-likeness (QED) is 0.182. The highest BCUT2D eigenvalue weighted by atomic mass is 19.1. The Morgan fingerprint density at radius 1 is 0.391 bits per heavy atom. The van der Waals surface area contributed by atoms with Crippen molar-refractivity contribution >= 4 is 55.9 Å². The smallest absolute Gasteiger partial charge is 0.123 e. The number of rotatable bonds is 7. The van der Waals surface area contributed by atoms with Gasteiger partial charge in [-0.15, -0.1) is 0 Å². The summed E-state index contributed by atoms with van der Waals surface area (Å²) in [6.45, 7) is 0. The van der Waals surface area contributed by atoms with Gasteiger partial charge < -0.3 is 14.4 Å². The van der Waals surface area contributed by atoms with Crippen molar-refractivity contribution in [3.05, 3.63) is 188 Å². The van der Waals surface area contributed by atoms with Gasteiger partial charge in [0.25, 0.3) is 0 Å². The third-order valence-corrected chi connectivity index (χ3v) is 8.38. The van der Waals surface area contributed by atoms with Gasteiger partial charge in [0.05, 0.1) is 22.4 Å². The molecule has 0 saturated heterocycles. The molecule has 0 amide bonds. The first kappa shape index (κ1) is 27.4. The van der Waals surface area contributed by atoms with E-state index < -0.39 is 0 Å². The van der Waals surface area contributed by atoms with Crippen LogP contribution in [-0.2, 0) is 0 Å². The van der Waals surface area contributed by atoms with E-state index in [0.717, 1.165) is 61.6 Å². The van der Waals surface area contributed by atoms with Crippen LogP contribution in [0.25, 0.3) is 27.5 Å². The second kappa shape index (κ2) is 11.8. The maximum absolute atomic E-state index is 14.2. The number of hydrogen-bond donors (Lipinski definition) is 0. The van der Waals surface area contributed by atoms with Crippen LogP contribution in [0.1, 0.15) is 0 Å². The molecule has 7 aromatic carbocycles. The molecule has 0 atom stereocenters. The lowest BCUT2D eigenvalue weighted by Gasteiger charge is -2.30. The molecule has 1 heterocycles. The normalized spacial score (nSPS) is 11.2. The molecule has 0 saturated carbocycles. The molecular formula is C42H30FN3. The SMILES string of the molecule is Fc1ccc(-n2c3ccccc3c3c(N(c4ccccc4)c4ccccc4)cc(N(c4ccccc4)c4ccccc4)cc32)cc1. The van der Waals surface area contributed by atoms with E-state index in [1.54, 1.807) is 0 Å². The van der Waals surface area contributed by atoms with E-state index >= 15 is 0 Å². The number of anilines is 6. The summed E-state index contributed by atoms with van der Waals surface area (Å²) in [6.07, 6.45) is 0. The van der Waals surface area contributed by atoms with Crippen LogP contribution in [0.4, 0.5) is 38.5 Å². The van der Waals surface area contributed by atoms with Gasteiger partial charge in [-0.3, -0.25) is 0 Å². The van der Waals surface area contributed by atoms with Gasteiger partial charge >= 0.3 is 0 Å². The highest BCUT2D eigenvalue weighted by Crippen LogP contribution is 2.47. The van der Waals surface area contributed by atoms with Gasteiger partial charge in [0.15, 0.2) is 0 Å². The van der Waals surface area contributed by atoms with Gasteiger partial charge in [0.1, 0.15) is 5.82 Å². The summed E-state index contributed by atoms with van der Waals surface area (Å²) >= 11 is 0. The first-order valence-corrected chi connectivity index (χ1v) is 15.4. The van der Waals surface area contributed by atoms with Crippen molar-refractivity contribution in [2.24, 2.45) is 0 Å². The monoisotopic (exact) mass is 595 g/mol. The number of hydrogen-bond acceptors (Lipinski definition) is 2. The molecule has 8 rings (SSSR count). The van der Waals surface area contributed by atoms with E-state index in [-0.39, 0.29) is 5.82 Å². The molecule has 0 fully saturated rings. The molecule has 0 aliphatic heterocycles. The first-order valence-electron chi connectivity index (χ1n) is 15.4. The van der Waals surface area contributed by atoms with E-state index in [4.69, 9.17) is 0 Å². The highest BCUT2D eigenvalue weighted by molar-refractivity contribution is 6.18. The maximum Gasteiger partial charge on any atom is 0.123 e. The van der Waals surface area contributed by atoms with Gasteiger partial charge in [0.2, 0.25) is 0 Å². The topological polar surface area (TPSA) is 11.4 Å². The van der Waals surface area contributed by atoms with Crippen LogP contribution in [0.3, 0.4) is 0 Å². The Bertz CT molecular complexity index is 2170. The van der Waals surface area contributed by atoms with Crippen molar-refractivity contribution in [1.82, 2.24) is 4.57 Å². The van der Waals surface area contributed by atoms with Gasteiger partial charge in [-0.1, -0.05) is 91.0 Å². The lowest BCUT2D eigenvalue weighted by molar-refractivity contribution is 0.627. The van der Waals surface area contributed by atoms with E-state index in [0.29, 0.717) is 0 Å². The highest BCUT2D eigenvalue weighted by Gasteiger charge is 2.24. The number of halogens is 1. The largest absolute Gasteiger partial charge is 0.310 e. The minimum Gasteiger partial charge on any atom is -0.310 e. The van der Waals surface area contributed by atoms with Gasteiger partial charge in [0, 0.05) is 39.2 Å². The minimum atomic E-state index is -0.260. The van der Waals surface area contributed by atoms with Crippen molar-refractivity contribution < 1.29 is 4.39 Å². The Morgan fingerprint density at radius 3 is 1.37 bits per heavy atom. The van der Waals surface area contributed by atoms with Gasteiger partial charge in [-0.2, -0.15) is 0 Å². The molecule has 1 aromatic heterocycles. The molecule has 0 bridgehead atoms. The van der Waals surface area contributed by atoms with Crippen molar-refractivity contribution in [2.75, 3.05) is 9.80 Å². The zero-order valence-electron chi connectivity index (χ0n) is 25.0. The summed E-state index contributed by atoms with van der Waals surface area (Å²) in [5.41, 5.74) is 9.22. The Kier molecular flexibility index (Phi) is 7.01. The molecule has 0 spiro atoms. The molecule has 8 aromatic rings. The summed E-state index contributed by atoms with van der Waals surface area (Å²) in [6, 6.07) is 61.7. The Labute approximate surface area is 267 Å².